The molecule has 0 spiro atoms. The van der Waals surface area contributed by atoms with Crippen LogP contribution in [0.3, 0.4) is 0 Å². The van der Waals surface area contributed by atoms with Gasteiger partial charge in [0, 0.05) is 6.26 Å². The van der Waals surface area contributed by atoms with Crippen molar-refractivity contribution in [2.75, 3.05) is 12.9 Å². The lowest BCUT2D eigenvalue weighted by atomic mass is 10.2. The molecule has 0 aliphatic heterocycles. The van der Waals surface area contributed by atoms with Crippen LogP contribution in [0, 0.1) is 0 Å². The van der Waals surface area contributed by atoms with Gasteiger partial charge in [-0.05, 0) is 6.92 Å². The van der Waals surface area contributed by atoms with Crippen LogP contribution in [0.25, 0.3) is 0 Å². The molecule has 0 aromatic carbocycles. The smallest absolute Gasteiger partial charge is 0.355 e. The molecule has 1 heterocycles. The molecule has 0 atom stereocenters. The lowest BCUT2D eigenvalue weighted by Gasteiger charge is -1.99. The van der Waals surface area contributed by atoms with E-state index in [2.05, 4.69) is 9.72 Å². The molecular weight excluding hydrogens is 270 g/mol. The zero-order valence-electron chi connectivity index (χ0n) is 9.11. The van der Waals surface area contributed by atoms with E-state index < -0.39 is 15.8 Å². The van der Waals surface area contributed by atoms with E-state index in [0.717, 1.165) is 6.26 Å². The van der Waals surface area contributed by atoms with E-state index in [-0.39, 0.29) is 27.9 Å². The van der Waals surface area contributed by atoms with Gasteiger partial charge >= 0.3 is 5.97 Å². The first-order valence-corrected chi connectivity index (χ1v) is 6.83. The largest absolute Gasteiger partial charge is 0.461 e. The number of esters is 1. The molecule has 0 saturated carbocycles. The minimum atomic E-state index is -3.65. The maximum absolute atomic E-state index is 11.5. The van der Waals surface area contributed by atoms with E-state index in [1.165, 1.54) is 0 Å². The molecule has 0 bridgehead atoms. The number of aldehydes is 1. The van der Waals surface area contributed by atoms with E-state index in [9.17, 15) is 18.0 Å². The molecule has 8 heteroatoms. The summed E-state index contributed by atoms with van der Waals surface area (Å²) in [6, 6.07) is 0. The Kier molecular flexibility index (Phi) is 3.94. The van der Waals surface area contributed by atoms with Gasteiger partial charge in [0.05, 0.1) is 17.2 Å². The number of halogens is 1. The summed E-state index contributed by atoms with van der Waals surface area (Å²) < 4.78 is 27.3. The molecule has 0 saturated heterocycles. The lowest BCUT2D eigenvalue weighted by molar-refractivity contribution is 0.0517. The molecule has 0 radical (unpaired) electrons. The first kappa shape index (κ1) is 13.7. The summed E-state index contributed by atoms with van der Waals surface area (Å²) in [6.45, 7) is 1.68. The fourth-order valence-corrected chi connectivity index (χ4v) is 2.53. The van der Waals surface area contributed by atoms with E-state index in [1.54, 1.807) is 6.92 Å². The van der Waals surface area contributed by atoms with Crippen LogP contribution < -0.4 is 0 Å². The zero-order chi connectivity index (χ0) is 13.2. The van der Waals surface area contributed by atoms with Crippen LogP contribution in [-0.2, 0) is 14.6 Å². The predicted molar refractivity (Wildman–Crippen MR) is 60.3 cm³/mol. The summed E-state index contributed by atoms with van der Waals surface area (Å²) >= 11 is 5.71. The maximum atomic E-state index is 11.5. The van der Waals surface area contributed by atoms with Crippen molar-refractivity contribution in [3.63, 3.8) is 0 Å². The quantitative estimate of drug-likeness (QED) is 0.657. The van der Waals surface area contributed by atoms with Crippen molar-refractivity contribution in [1.82, 2.24) is 4.98 Å². The Morgan fingerprint density at radius 1 is 1.53 bits per heavy atom. The molecule has 1 rings (SSSR count). The highest BCUT2D eigenvalue weighted by atomic mass is 35.5. The van der Waals surface area contributed by atoms with Crippen LogP contribution in [0.1, 0.15) is 27.8 Å². The summed E-state index contributed by atoms with van der Waals surface area (Å²) in [7, 11) is -3.65. The van der Waals surface area contributed by atoms with E-state index in [1.807, 2.05) is 0 Å². The van der Waals surface area contributed by atoms with Gasteiger partial charge < -0.3 is 9.72 Å². The molecule has 0 amide bonds. The van der Waals surface area contributed by atoms with Crippen molar-refractivity contribution in [2.45, 2.75) is 11.9 Å². The number of aromatic nitrogens is 1. The van der Waals surface area contributed by atoms with Crippen molar-refractivity contribution < 1.29 is 22.7 Å². The number of rotatable bonds is 4. The zero-order valence-corrected chi connectivity index (χ0v) is 10.7. The predicted octanol–water partition coefficient (Wildman–Crippen LogP) is 1.06. The normalized spacial score (nSPS) is 11.2. The van der Waals surface area contributed by atoms with Crippen LogP contribution in [0.15, 0.2) is 5.03 Å². The molecule has 1 aromatic rings. The highest BCUT2D eigenvalue weighted by Crippen LogP contribution is 2.27. The van der Waals surface area contributed by atoms with E-state index in [0.29, 0.717) is 6.29 Å². The molecule has 0 aliphatic carbocycles. The summed E-state index contributed by atoms with van der Waals surface area (Å²) in [5.74, 6) is -0.827. The highest BCUT2D eigenvalue weighted by Gasteiger charge is 2.26. The minimum absolute atomic E-state index is 0.0992. The Bertz CT molecular complexity index is 560. The van der Waals surface area contributed by atoms with Crippen molar-refractivity contribution in [3.8, 4) is 0 Å². The van der Waals surface area contributed by atoms with Gasteiger partial charge in [-0.2, -0.15) is 0 Å². The molecule has 0 aliphatic rings. The SMILES string of the molecule is CCOC(=O)c1[nH]c(S(C)(=O)=O)c(Cl)c1C=O. The Balaban J connectivity index is 3.43. The minimum Gasteiger partial charge on any atom is -0.461 e. The van der Waals surface area contributed by atoms with Crippen molar-refractivity contribution in [2.24, 2.45) is 0 Å². The third-order valence-electron chi connectivity index (χ3n) is 1.91. The summed E-state index contributed by atoms with van der Waals surface area (Å²) in [4.78, 5) is 24.5. The maximum Gasteiger partial charge on any atom is 0.355 e. The van der Waals surface area contributed by atoms with Crippen LogP contribution in [-0.4, -0.2) is 38.5 Å². The number of hydrogen-bond donors (Lipinski definition) is 1. The number of nitrogens with one attached hydrogen (secondary N) is 1. The number of carbonyl (C=O) groups excluding carboxylic acids is 2. The van der Waals surface area contributed by atoms with Gasteiger partial charge in [0.2, 0.25) is 0 Å². The van der Waals surface area contributed by atoms with Gasteiger partial charge in [-0.1, -0.05) is 11.6 Å². The molecule has 0 unspecified atom stereocenters. The number of sulfone groups is 1. The van der Waals surface area contributed by atoms with E-state index >= 15 is 0 Å². The molecule has 94 valence electrons. The molecule has 17 heavy (non-hydrogen) atoms. The molecular formula is C9H10ClNO5S. The molecule has 1 aromatic heterocycles. The topological polar surface area (TPSA) is 93.3 Å². The molecule has 0 fully saturated rings. The highest BCUT2D eigenvalue weighted by molar-refractivity contribution is 7.90. The second kappa shape index (κ2) is 4.89. The number of aromatic amines is 1. The summed E-state index contributed by atoms with van der Waals surface area (Å²) in [6.07, 6.45) is 1.22. The van der Waals surface area contributed by atoms with Gasteiger partial charge in [-0.25, -0.2) is 13.2 Å². The Morgan fingerprint density at radius 3 is 2.53 bits per heavy atom. The van der Waals surface area contributed by atoms with Crippen molar-refractivity contribution >= 4 is 33.7 Å². The Hall–Kier alpha value is -1.34. The molecule has 1 N–H and O–H groups in total. The Morgan fingerprint density at radius 2 is 2.12 bits per heavy atom. The fraction of sp³-hybridized carbons (Fsp3) is 0.333. The van der Waals surface area contributed by atoms with Gasteiger partial charge in [0.1, 0.15) is 5.69 Å². The average Bonchev–Trinajstić information content (AvgIpc) is 2.55. The number of ether oxygens (including phenoxy) is 1. The number of carbonyl (C=O) groups is 2. The summed E-state index contributed by atoms with van der Waals surface area (Å²) in [5, 5.41) is -0.671. The second-order valence-electron chi connectivity index (χ2n) is 3.17. The van der Waals surface area contributed by atoms with Crippen molar-refractivity contribution in [3.05, 3.63) is 16.3 Å². The van der Waals surface area contributed by atoms with E-state index in [4.69, 9.17) is 11.6 Å². The van der Waals surface area contributed by atoms with Crippen LogP contribution >= 0.6 is 11.6 Å². The van der Waals surface area contributed by atoms with Crippen LogP contribution in [0.5, 0.6) is 0 Å². The number of hydrogen-bond acceptors (Lipinski definition) is 5. The number of H-pyrrole nitrogens is 1. The van der Waals surface area contributed by atoms with Gasteiger partial charge in [0.25, 0.3) is 0 Å². The third-order valence-corrected chi connectivity index (χ3v) is 3.46. The fourth-order valence-electron chi connectivity index (χ4n) is 1.20. The first-order chi connectivity index (χ1) is 7.82. The van der Waals surface area contributed by atoms with Gasteiger partial charge in [-0.3, -0.25) is 4.79 Å². The summed E-state index contributed by atoms with van der Waals surface area (Å²) in [5.41, 5.74) is -0.474. The van der Waals surface area contributed by atoms with Crippen molar-refractivity contribution in [1.29, 1.82) is 0 Å². The Labute approximate surface area is 103 Å². The average molecular weight is 280 g/mol. The van der Waals surface area contributed by atoms with Gasteiger partial charge in [-0.15, -0.1) is 0 Å². The van der Waals surface area contributed by atoms with Gasteiger partial charge in [0.15, 0.2) is 21.1 Å². The van der Waals surface area contributed by atoms with Crippen LogP contribution in [0.2, 0.25) is 5.02 Å². The monoisotopic (exact) mass is 279 g/mol. The molecule has 6 nitrogen and oxygen atoms in total. The third kappa shape index (κ3) is 2.67. The first-order valence-electron chi connectivity index (χ1n) is 4.56. The second-order valence-corrected chi connectivity index (χ2v) is 5.50. The lowest BCUT2D eigenvalue weighted by Crippen LogP contribution is -2.08. The standard InChI is InChI=1S/C9H10ClNO5S/c1-3-16-9(13)7-5(4-12)6(10)8(11-7)17(2,14)15/h4,11H,3H2,1-2H3. The van der Waals surface area contributed by atoms with Crippen LogP contribution in [0.4, 0.5) is 0 Å².